The van der Waals surface area contributed by atoms with E-state index in [0.29, 0.717) is 0 Å². The molecule has 2 heterocycles. The molecule has 0 fully saturated rings. The van der Waals surface area contributed by atoms with Crippen LogP contribution in [0.25, 0.3) is 10.9 Å². The van der Waals surface area contributed by atoms with Gasteiger partial charge in [0, 0.05) is 17.5 Å². The van der Waals surface area contributed by atoms with Gasteiger partial charge in [-0.15, -0.1) is 0 Å². The van der Waals surface area contributed by atoms with Crippen LogP contribution in [-0.4, -0.2) is 15.3 Å². The number of nitrogens with one attached hydrogen (secondary N) is 1. The van der Waals surface area contributed by atoms with Crippen LogP contribution in [0.3, 0.4) is 0 Å². The smallest absolute Gasteiger partial charge is 0.0841 e. The van der Waals surface area contributed by atoms with Gasteiger partial charge in [0.2, 0.25) is 0 Å². The Hall–Kier alpha value is -1.65. The molecule has 1 N–H and O–H groups in total. The third kappa shape index (κ3) is 3.34. The summed E-state index contributed by atoms with van der Waals surface area (Å²) in [6.45, 7) is 8.16. The average molecular weight is 299 g/mol. The molecule has 1 aromatic carbocycles. The van der Waals surface area contributed by atoms with Crippen molar-refractivity contribution in [2.45, 2.75) is 39.4 Å². The Bertz CT molecular complexity index is 720. The van der Waals surface area contributed by atoms with Gasteiger partial charge in [0.15, 0.2) is 0 Å². The molecular weight excluding hydrogens is 278 g/mol. The minimum absolute atomic E-state index is 0.0955. The average Bonchev–Trinajstić information content (AvgIpc) is 3.05. The van der Waals surface area contributed by atoms with Crippen LogP contribution in [0.4, 0.5) is 0 Å². The minimum atomic E-state index is 0.0955. The molecule has 0 aliphatic rings. The lowest BCUT2D eigenvalue weighted by Gasteiger charge is -2.19. The predicted octanol–water partition coefficient (Wildman–Crippen LogP) is 4.03. The molecule has 0 atom stereocenters. The largest absolute Gasteiger partial charge is 0.306 e. The summed E-state index contributed by atoms with van der Waals surface area (Å²) in [5.41, 5.74) is 3.73. The van der Waals surface area contributed by atoms with Gasteiger partial charge in [0.1, 0.15) is 0 Å². The third-order valence-electron chi connectivity index (χ3n) is 3.43. The second-order valence-corrected chi connectivity index (χ2v) is 7.14. The van der Waals surface area contributed by atoms with Gasteiger partial charge < -0.3 is 5.32 Å². The minimum Gasteiger partial charge on any atom is -0.306 e. The number of nitrogens with zero attached hydrogens (tertiary/aromatic N) is 2. The molecule has 0 aliphatic carbocycles. The number of benzene rings is 1. The van der Waals surface area contributed by atoms with E-state index in [1.807, 2.05) is 0 Å². The summed E-state index contributed by atoms with van der Waals surface area (Å²) in [6.07, 6.45) is 0. The van der Waals surface area contributed by atoms with E-state index in [9.17, 15) is 0 Å². The molecule has 21 heavy (non-hydrogen) atoms. The molecule has 0 amide bonds. The zero-order valence-electron chi connectivity index (χ0n) is 12.8. The van der Waals surface area contributed by atoms with Crippen LogP contribution < -0.4 is 5.32 Å². The molecule has 0 spiro atoms. The Kier molecular flexibility index (Phi) is 3.83. The molecule has 0 aliphatic heterocycles. The number of aromatic nitrogens is 2. The molecule has 2 aromatic heterocycles. The molecule has 0 saturated heterocycles. The van der Waals surface area contributed by atoms with Crippen molar-refractivity contribution in [3.63, 3.8) is 0 Å². The van der Waals surface area contributed by atoms with Crippen molar-refractivity contribution in [1.29, 1.82) is 0 Å². The lowest BCUT2D eigenvalue weighted by molar-refractivity contribution is 0.420. The molecular formula is C17H21N3S. The van der Waals surface area contributed by atoms with Crippen molar-refractivity contribution in [3.8, 4) is 0 Å². The van der Waals surface area contributed by atoms with Gasteiger partial charge in [-0.3, -0.25) is 4.68 Å². The van der Waals surface area contributed by atoms with Gasteiger partial charge >= 0.3 is 0 Å². The Balaban J connectivity index is 1.94. The van der Waals surface area contributed by atoms with E-state index in [-0.39, 0.29) is 5.54 Å². The number of hydrogen-bond acceptors (Lipinski definition) is 3. The summed E-state index contributed by atoms with van der Waals surface area (Å²) in [5, 5.41) is 13.9. The number of fused-ring (bicyclic) bond motifs is 1. The van der Waals surface area contributed by atoms with E-state index in [0.717, 1.165) is 18.8 Å². The Morgan fingerprint density at radius 2 is 2.00 bits per heavy atom. The Morgan fingerprint density at radius 1 is 1.19 bits per heavy atom. The first-order valence-electron chi connectivity index (χ1n) is 7.23. The zero-order chi connectivity index (χ0) is 14.9. The first kappa shape index (κ1) is 14.3. The lowest BCUT2D eigenvalue weighted by Crippen LogP contribution is -2.35. The van der Waals surface area contributed by atoms with Crippen molar-refractivity contribution in [2.75, 3.05) is 0 Å². The summed E-state index contributed by atoms with van der Waals surface area (Å²) in [5.74, 6) is 0. The fraction of sp³-hybridized carbons (Fsp3) is 0.353. The van der Waals surface area contributed by atoms with E-state index >= 15 is 0 Å². The molecule has 3 rings (SSSR count). The van der Waals surface area contributed by atoms with Crippen molar-refractivity contribution >= 4 is 22.2 Å². The van der Waals surface area contributed by atoms with Crippen LogP contribution in [0.5, 0.6) is 0 Å². The third-order valence-corrected chi connectivity index (χ3v) is 4.17. The van der Waals surface area contributed by atoms with E-state index in [4.69, 9.17) is 5.10 Å². The second kappa shape index (κ2) is 5.62. The highest BCUT2D eigenvalue weighted by Crippen LogP contribution is 2.20. The predicted molar refractivity (Wildman–Crippen MR) is 89.7 cm³/mol. The molecule has 0 saturated carbocycles. The van der Waals surface area contributed by atoms with Crippen molar-refractivity contribution < 1.29 is 0 Å². The second-order valence-electron chi connectivity index (χ2n) is 6.36. The highest BCUT2D eigenvalue weighted by atomic mass is 32.1. The standard InChI is InChI=1S/C17H21N3S/c1-17(2,3)18-10-15-14-6-4-5-7-16(14)20(19-15)11-13-8-9-21-12-13/h4-9,12,18H,10-11H2,1-3H3. The summed E-state index contributed by atoms with van der Waals surface area (Å²) < 4.78 is 2.11. The molecule has 0 bridgehead atoms. The molecule has 0 radical (unpaired) electrons. The Labute approximate surface area is 129 Å². The highest BCUT2D eigenvalue weighted by Gasteiger charge is 2.14. The van der Waals surface area contributed by atoms with Crippen LogP contribution >= 0.6 is 11.3 Å². The summed E-state index contributed by atoms with van der Waals surface area (Å²) in [4.78, 5) is 0. The molecule has 3 aromatic rings. The van der Waals surface area contributed by atoms with Gasteiger partial charge in [-0.05, 0) is 49.2 Å². The maximum absolute atomic E-state index is 4.83. The summed E-state index contributed by atoms with van der Waals surface area (Å²) in [7, 11) is 0. The van der Waals surface area contributed by atoms with Gasteiger partial charge in [-0.2, -0.15) is 16.4 Å². The van der Waals surface area contributed by atoms with Crippen molar-refractivity contribution in [3.05, 3.63) is 52.3 Å². The number of para-hydroxylation sites is 1. The van der Waals surface area contributed by atoms with E-state index in [1.165, 1.54) is 16.5 Å². The Morgan fingerprint density at radius 3 is 2.71 bits per heavy atom. The zero-order valence-corrected chi connectivity index (χ0v) is 13.6. The maximum atomic E-state index is 4.83. The highest BCUT2D eigenvalue weighted by molar-refractivity contribution is 7.07. The van der Waals surface area contributed by atoms with E-state index in [2.05, 4.69) is 71.9 Å². The lowest BCUT2D eigenvalue weighted by atomic mass is 10.1. The summed E-state index contributed by atoms with van der Waals surface area (Å²) in [6, 6.07) is 10.6. The van der Waals surface area contributed by atoms with Crippen LogP contribution in [0.2, 0.25) is 0 Å². The SMILES string of the molecule is CC(C)(C)NCc1nn(Cc2ccsc2)c2ccccc12. The van der Waals surface area contributed by atoms with Crippen LogP contribution in [0.1, 0.15) is 32.0 Å². The van der Waals surface area contributed by atoms with Gasteiger partial charge in [0.25, 0.3) is 0 Å². The van der Waals surface area contributed by atoms with E-state index < -0.39 is 0 Å². The number of thiophene rings is 1. The van der Waals surface area contributed by atoms with Crippen molar-refractivity contribution in [2.24, 2.45) is 0 Å². The van der Waals surface area contributed by atoms with Crippen LogP contribution in [0.15, 0.2) is 41.1 Å². The van der Waals surface area contributed by atoms with Gasteiger partial charge in [-0.25, -0.2) is 0 Å². The van der Waals surface area contributed by atoms with Gasteiger partial charge in [-0.1, -0.05) is 18.2 Å². The first-order chi connectivity index (χ1) is 10.0. The number of hydrogen-bond donors (Lipinski definition) is 1. The van der Waals surface area contributed by atoms with Crippen LogP contribution in [-0.2, 0) is 13.1 Å². The molecule has 3 nitrogen and oxygen atoms in total. The fourth-order valence-electron chi connectivity index (χ4n) is 2.35. The molecule has 0 unspecified atom stereocenters. The number of rotatable bonds is 4. The van der Waals surface area contributed by atoms with E-state index in [1.54, 1.807) is 11.3 Å². The van der Waals surface area contributed by atoms with Crippen LogP contribution in [0, 0.1) is 0 Å². The van der Waals surface area contributed by atoms with Gasteiger partial charge in [0.05, 0.1) is 17.8 Å². The monoisotopic (exact) mass is 299 g/mol. The fourth-order valence-corrected chi connectivity index (χ4v) is 3.01. The maximum Gasteiger partial charge on any atom is 0.0841 e. The quantitative estimate of drug-likeness (QED) is 0.788. The summed E-state index contributed by atoms with van der Waals surface area (Å²) >= 11 is 1.73. The molecule has 110 valence electrons. The van der Waals surface area contributed by atoms with Crippen molar-refractivity contribution in [1.82, 2.24) is 15.1 Å². The molecule has 4 heteroatoms. The first-order valence-corrected chi connectivity index (χ1v) is 8.18. The topological polar surface area (TPSA) is 29.9 Å². The normalized spacial score (nSPS) is 12.1.